The maximum absolute atomic E-state index is 14.3. The number of carbonyl (C=O) groups excluding carboxylic acids is 4. The summed E-state index contributed by atoms with van der Waals surface area (Å²) in [5.41, 5.74) is 1.61. The Kier molecular flexibility index (Phi) is 17.2. The van der Waals surface area contributed by atoms with Crippen molar-refractivity contribution in [1.82, 2.24) is 4.90 Å². The van der Waals surface area contributed by atoms with Gasteiger partial charge >= 0.3 is 5.97 Å². The van der Waals surface area contributed by atoms with Crippen molar-refractivity contribution in [3.8, 4) is 0 Å². The molecule has 0 aromatic rings. The molecule has 3 N–H and O–H groups in total. The van der Waals surface area contributed by atoms with E-state index in [9.17, 15) is 34.5 Å². The molecule has 0 aromatic heterocycles. The van der Waals surface area contributed by atoms with Crippen molar-refractivity contribution < 1.29 is 58.2 Å². The largest absolute Gasteiger partial charge is 0.456 e. The van der Waals surface area contributed by atoms with Crippen LogP contribution in [-0.4, -0.2) is 126 Å². The molecule has 2 saturated heterocycles. The average Bonchev–Trinajstić information content (AvgIpc) is 3.18. The van der Waals surface area contributed by atoms with Gasteiger partial charge in [-0.2, -0.15) is 0 Å². The Morgan fingerprint density at radius 3 is 2.25 bits per heavy atom. The minimum absolute atomic E-state index is 0.00988. The quantitative estimate of drug-likeness (QED) is 0.185. The number of carbonyl (C=O) groups is 4. The summed E-state index contributed by atoms with van der Waals surface area (Å²) in [6, 6.07) is -1.14. The van der Waals surface area contributed by atoms with Crippen molar-refractivity contribution in [2.24, 2.45) is 29.6 Å². The van der Waals surface area contributed by atoms with Crippen LogP contribution in [0.25, 0.3) is 0 Å². The molecule has 13 nitrogen and oxygen atoms in total. The number of Topliss-reactive ketones (excluding diaryl/α,β-unsaturated/α-hetero) is 2. The average molecular weight is 804 g/mol. The third-order valence-electron chi connectivity index (χ3n) is 12.9. The van der Waals surface area contributed by atoms with E-state index in [2.05, 4.69) is 6.58 Å². The van der Waals surface area contributed by atoms with Crippen molar-refractivity contribution in [1.29, 1.82) is 0 Å². The molecule has 3 aliphatic heterocycles. The molecule has 0 spiro atoms. The second-order valence-corrected chi connectivity index (χ2v) is 17.3. The van der Waals surface area contributed by atoms with Crippen LogP contribution in [0.1, 0.15) is 105 Å². The lowest BCUT2D eigenvalue weighted by Crippen LogP contribution is -2.64. The van der Waals surface area contributed by atoms with E-state index in [1.54, 1.807) is 27.0 Å². The molecule has 3 fully saturated rings. The molecule has 1 amide bonds. The van der Waals surface area contributed by atoms with Crippen LogP contribution in [0.5, 0.6) is 0 Å². The van der Waals surface area contributed by atoms with Crippen LogP contribution in [0.15, 0.2) is 36.0 Å². The van der Waals surface area contributed by atoms with E-state index in [0.29, 0.717) is 56.9 Å². The van der Waals surface area contributed by atoms with Crippen LogP contribution in [0.3, 0.4) is 0 Å². The van der Waals surface area contributed by atoms with Gasteiger partial charge in [0.25, 0.3) is 11.7 Å². The highest BCUT2D eigenvalue weighted by Gasteiger charge is 2.56. The molecule has 1 saturated carbocycles. The summed E-state index contributed by atoms with van der Waals surface area (Å²) < 4.78 is 29.7. The number of fused-ring (bicyclic) bond motifs is 3. The molecule has 0 aromatic carbocycles. The summed E-state index contributed by atoms with van der Waals surface area (Å²) in [7, 11) is 4.61. The number of piperidine rings is 1. The molecule has 4 aliphatic rings. The topological polar surface area (TPSA) is 178 Å². The Hall–Kier alpha value is -2.78. The van der Waals surface area contributed by atoms with E-state index < -0.39 is 83.9 Å². The molecule has 13 heteroatoms. The Balaban J connectivity index is 1.78. The number of aliphatic hydroxyl groups is 3. The minimum Gasteiger partial charge on any atom is -0.456 e. The number of methoxy groups -OCH3 is 3. The molecule has 2 bridgehead atoms. The Labute approximate surface area is 339 Å². The molecule has 3 heterocycles. The lowest BCUT2D eigenvalue weighted by Gasteiger charge is -2.47. The SMILES string of the molecule is C=CC[C@@H]1/C=C(\C)C[C@H](C)C[C@H](OC)[C@H]2O[C@@](O)(C(=O)C(=O)N3CCCC[C@H]3C(=O)OC(/C(C)=C/C3CC[C@@H](O)[C@H](OC)C3)[C@H](C)[C@@H](O)CC1=O)[C@H](C)C[C@@H]2OC. The minimum atomic E-state index is -2.51. The van der Waals surface area contributed by atoms with E-state index in [1.807, 2.05) is 32.9 Å². The summed E-state index contributed by atoms with van der Waals surface area (Å²) in [4.78, 5) is 57.8. The predicted molar refractivity (Wildman–Crippen MR) is 213 cm³/mol. The van der Waals surface area contributed by atoms with Gasteiger partial charge < -0.3 is 43.9 Å². The fourth-order valence-electron chi connectivity index (χ4n) is 9.42. The summed E-state index contributed by atoms with van der Waals surface area (Å²) in [5, 5.41) is 34.1. The van der Waals surface area contributed by atoms with Crippen LogP contribution in [0, 0.1) is 29.6 Å². The fraction of sp³-hybridized carbons (Fsp3) is 0.773. The zero-order chi connectivity index (χ0) is 42.2. The van der Waals surface area contributed by atoms with Crippen molar-refractivity contribution in [3.63, 3.8) is 0 Å². The number of hydrogen-bond donors (Lipinski definition) is 3. The first kappa shape index (κ1) is 46.9. The summed E-state index contributed by atoms with van der Waals surface area (Å²) in [6.45, 7) is 13.1. The van der Waals surface area contributed by atoms with Crippen molar-refractivity contribution in [2.75, 3.05) is 27.9 Å². The summed E-state index contributed by atoms with van der Waals surface area (Å²) >= 11 is 0. The number of rotatable bonds is 7. The smallest absolute Gasteiger partial charge is 0.329 e. The van der Waals surface area contributed by atoms with Gasteiger partial charge in [0, 0.05) is 52.0 Å². The van der Waals surface area contributed by atoms with Crippen LogP contribution >= 0.6 is 0 Å². The number of hydrogen-bond acceptors (Lipinski definition) is 12. The standard InChI is InChI=1S/C44H69NO12/c1-10-13-31-19-25(2)18-26(3)20-37(54-8)40-38(55-9)22-28(5)44(52,57-40)41(49)42(50)45-17-12-11-14-32(45)43(51)56-39(29(6)34(47)24-35(31)48)27(4)21-30-15-16-33(46)36(23-30)53-7/h10,19,21,26,28-34,36-40,46-47,52H,1,11-18,20,22-24H2,2-9H3/b25-19+,27-21+/t26-,28+,29+,30?,31+,32-,33+,34-,36+,37-,38-,39?,40+,44+/m0/s1. The Bertz CT molecular complexity index is 1480. The van der Waals surface area contributed by atoms with Gasteiger partial charge in [-0.3, -0.25) is 14.4 Å². The first-order valence-electron chi connectivity index (χ1n) is 20.9. The highest BCUT2D eigenvalue weighted by molar-refractivity contribution is 6.39. The number of cyclic esters (lactones) is 1. The molecular formula is C44H69NO12. The van der Waals surface area contributed by atoms with Gasteiger partial charge in [-0.25, -0.2) is 4.79 Å². The van der Waals surface area contributed by atoms with Gasteiger partial charge in [0.15, 0.2) is 0 Å². The maximum Gasteiger partial charge on any atom is 0.329 e. The third-order valence-corrected chi connectivity index (χ3v) is 12.9. The third kappa shape index (κ3) is 11.3. The monoisotopic (exact) mass is 803 g/mol. The van der Waals surface area contributed by atoms with Crippen LogP contribution in [0.2, 0.25) is 0 Å². The van der Waals surface area contributed by atoms with Gasteiger partial charge in [0.05, 0.1) is 30.5 Å². The van der Waals surface area contributed by atoms with Gasteiger partial charge in [-0.1, -0.05) is 44.6 Å². The fourth-order valence-corrected chi connectivity index (χ4v) is 9.42. The number of amides is 1. The summed E-state index contributed by atoms with van der Waals surface area (Å²) in [5.74, 6) is -7.76. The maximum atomic E-state index is 14.3. The van der Waals surface area contributed by atoms with E-state index in [0.717, 1.165) is 5.57 Å². The number of ketones is 2. The van der Waals surface area contributed by atoms with Gasteiger partial charge in [0.1, 0.15) is 24.0 Å². The van der Waals surface area contributed by atoms with Crippen LogP contribution < -0.4 is 0 Å². The lowest BCUT2D eigenvalue weighted by molar-refractivity contribution is -0.302. The second kappa shape index (κ2) is 21.0. The molecule has 1 aliphatic carbocycles. The van der Waals surface area contributed by atoms with Gasteiger partial charge in [-0.05, 0) is 95.5 Å². The highest BCUT2D eigenvalue weighted by atomic mass is 16.7. The molecular weight excluding hydrogens is 734 g/mol. The van der Waals surface area contributed by atoms with E-state index in [-0.39, 0.29) is 49.5 Å². The zero-order valence-electron chi connectivity index (χ0n) is 35.4. The van der Waals surface area contributed by atoms with Gasteiger partial charge in [-0.15, -0.1) is 6.58 Å². The van der Waals surface area contributed by atoms with Crippen molar-refractivity contribution >= 4 is 23.4 Å². The van der Waals surface area contributed by atoms with E-state index >= 15 is 0 Å². The number of esters is 1. The normalized spacial score (nSPS) is 41.0. The second-order valence-electron chi connectivity index (χ2n) is 17.3. The first-order valence-corrected chi connectivity index (χ1v) is 20.9. The van der Waals surface area contributed by atoms with Gasteiger partial charge in [0.2, 0.25) is 5.79 Å². The van der Waals surface area contributed by atoms with E-state index in [4.69, 9.17) is 23.7 Å². The molecule has 0 radical (unpaired) electrons. The molecule has 2 unspecified atom stereocenters. The Morgan fingerprint density at radius 1 is 0.930 bits per heavy atom. The first-order chi connectivity index (χ1) is 27.0. The lowest BCUT2D eigenvalue weighted by atomic mass is 9.81. The van der Waals surface area contributed by atoms with E-state index in [1.165, 1.54) is 19.1 Å². The summed E-state index contributed by atoms with van der Waals surface area (Å²) in [6.07, 6.45) is 4.93. The number of nitrogens with zero attached hydrogens (tertiary/aromatic N) is 1. The molecule has 57 heavy (non-hydrogen) atoms. The number of aliphatic hydroxyl groups excluding tert-OH is 2. The molecule has 322 valence electrons. The molecule has 4 rings (SSSR count). The van der Waals surface area contributed by atoms with Crippen LogP contribution in [-0.2, 0) is 42.9 Å². The number of allylic oxidation sites excluding steroid dienone is 4. The predicted octanol–water partition coefficient (Wildman–Crippen LogP) is 4.64. The van der Waals surface area contributed by atoms with Crippen molar-refractivity contribution in [3.05, 3.63) is 36.0 Å². The highest BCUT2D eigenvalue weighted by Crippen LogP contribution is 2.39. The van der Waals surface area contributed by atoms with Crippen molar-refractivity contribution in [2.45, 2.75) is 160 Å². The number of ether oxygens (including phenoxy) is 5. The Morgan fingerprint density at radius 2 is 1.60 bits per heavy atom. The molecule has 14 atom stereocenters. The zero-order valence-corrected chi connectivity index (χ0v) is 35.4. The van der Waals surface area contributed by atoms with Crippen LogP contribution in [0.4, 0.5) is 0 Å².